The maximum Gasteiger partial charge on any atom is 0.266 e. The average molecular weight is 680 g/mol. The van der Waals surface area contributed by atoms with Crippen LogP contribution in [-0.2, 0) is 19.2 Å². The molecule has 2 heterocycles. The summed E-state index contributed by atoms with van der Waals surface area (Å²) in [6.07, 6.45) is 4.26. The number of nitrogens with zero attached hydrogens (tertiary/aromatic N) is 2. The maximum atomic E-state index is 12.8. The summed E-state index contributed by atoms with van der Waals surface area (Å²) in [6, 6.07) is 14.4. The van der Waals surface area contributed by atoms with Gasteiger partial charge in [-0.15, -0.1) is 0 Å². The van der Waals surface area contributed by atoms with Crippen LogP contribution in [0, 0.1) is 0 Å². The zero-order valence-corrected chi connectivity index (χ0v) is 26.7. The third kappa shape index (κ3) is 8.42. The van der Waals surface area contributed by atoms with Gasteiger partial charge in [0.15, 0.2) is 0 Å². The Morgan fingerprint density at radius 2 is 1.10 bits per heavy atom. The summed E-state index contributed by atoms with van der Waals surface area (Å²) >= 11 is 25.4. The van der Waals surface area contributed by atoms with E-state index in [2.05, 4.69) is 10.9 Å². The number of hydrogen-bond donors (Lipinski definition) is 2. The van der Waals surface area contributed by atoms with E-state index >= 15 is 0 Å². The summed E-state index contributed by atoms with van der Waals surface area (Å²) in [6.45, 7) is 0.529. The fourth-order valence-electron chi connectivity index (χ4n) is 3.91. The first-order chi connectivity index (χ1) is 20.1. The van der Waals surface area contributed by atoms with Crippen LogP contribution in [0.25, 0.3) is 12.2 Å². The Hall–Kier alpha value is -2.74. The van der Waals surface area contributed by atoms with Crippen LogP contribution < -0.4 is 10.9 Å². The predicted octanol–water partition coefficient (Wildman–Crippen LogP) is 5.80. The first-order valence-corrected chi connectivity index (χ1v) is 15.9. The van der Waals surface area contributed by atoms with Crippen LogP contribution in [-0.4, -0.2) is 55.2 Å². The minimum atomic E-state index is -0.401. The molecule has 2 aliphatic heterocycles. The molecule has 218 valence electrons. The lowest BCUT2D eigenvalue weighted by molar-refractivity contribution is -0.129. The van der Waals surface area contributed by atoms with Crippen molar-refractivity contribution in [2.45, 2.75) is 25.7 Å². The molecule has 2 fully saturated rings. The minimum Gasteiger partial charge on any atom is -0.293 e. The number of carbonyl (C=O) groups is 4. The van der Waals surface area contributed by atoms with Crippen LogP contribution >= 0.6 is 71.2 Å². The van der Waals surface area contributed by atoms with Crippen molar-refractivity contribution in [1.29, 1.82) is 0 Å². The lowest BCUT2D eigenvalue weighted by atomic mass is 10.2. The monoisotopic (exact) mass is 678 g/mol. The first kappa shape index (κ1) is 32.2. The standard InChI is InChI=1S/C28H24Cl2N4O4S4/c29-19-9-3-1-7-17(19)15-21-25(37)33(27(39)41-21)13-5-11-23(35)31-32-24(36)12-6-14-34-26(38)22(42-28(34)40)16-18-8-2-4-10-20(18)30/h1-4,7-10,15-16H,5-6,11-14H2,(H,31,35)(H,32,36)/b21-15-,22-16-. The Labute approximate surface area is 272 Å². The number of amides is 4. The van der Waals surface area contributed by atoms with Crippen molar-refractivity contribution in [3.05, 3.63) is 79.5 Å². The van der Waals surface area contributed by atoms with Gasteiger partial charge in [0.25, 0.3) is 11.8 Å². The zero-order valence-electron chi connectivity index (χ0n) is 21.9. The number of nitrogens with one attached hydrogen (secondary N) is 2. The predicted molar refractivity (Wildman–Crippen MR) is 177 cm³/mol. The van der Waals surface area contributed by atoms with Crippen molar-refractivity contribution >= 4 is 116 Å². The fourth-order valence-corrected chi connectivity index (χ4v) is 6.89. The number of thiocarbonyl (C=S) groups is 2. The summed E-state index contributed by atoms with van der Waals surface area (Å²) in [5, 5.41) is 1.06. The number of carbonyl (C=O) groups excluding carboxylic acids is 4. The third-order valence-electron chi connectivity index (χ3n) is 6.04. The lowest BCUT2D eigenvalue weighted by Gasteiger charge is -2.15. The Morgan fingerprint density at radius 3 is 1.48 bits per heavy atom. The average Bonchev–Trinajstić information content (AvgIpc) is 3.38. The van der Waals surface area contributed by atoms with E-state index in [4.69, 9.17) is 47.6 Å². The highest BCUT2D eigenvalue weighted by atomic mass is 35.5. The van der Waals surface area contributed by atoms with E-state index in [0.29, 0.717) is 41.3 Å². The van der Waals surface area contributed by atoms with E-state index in [0.717, 1.165) is 11.1 Å². The molecule has 2 saturated heterocycles. The summed E-state index contributed by atoms with van der Waals surface area (Å²) in [5.41, 5.74) is 6.19. The van der Waals surface area contributed by atoms with Gasteiger partial charge in [-0.25, -0.2) is 0 Å². The highest BCUT2D eigenvalue weighted by molar-refractivity contribution is 8.27. The van der Waals surface area contributed by atoms with Gasteiger partial charge >= 0.3 is 0 Å². The van der Waals surface area contributed by atoms with Crippen LogP contribution in [0.2, 0.25) is 10.0 Å². The van der Waals surface area contributed by atoms with Gasteiger partial charge < -0.3 is 0 Å². The SMILES string of the molecule is O=C(CCCN1C(=O)/C(=C/c2ccccc2Cl)SC1=S)NNC(=O)CCCN1C(=O)/C(=C/c2ccccc2Cl)SC1=S. The van der Waals surface area contributed by atoms with Crippen LogP contribution in [0.4, 0.5) is 0 Å². The van der Waals surface area contributed by atoms with Crippen molar-refractivity contribution in [2.24, 2.45) is 0 Å². The highest BCUT2D eigenvalue weighted by Gasteiger charge is 2.33. The molecule has 2 aromatic rings. The molecule has 0 aliphatic carbocycles. The van der Waals surface area contributed by atoms with Gasteiger partial charge in [-0.3, -0.25) is 39.8 Å². The number of halogens is 2. The second-order valence-corrected chi connectivity index (χ2v) is 13.2. The van der Waals surface area contributed by atoms with Gasteiger partial charge in [0, 0.05) is 36.0 Å². The fraction of sp³-hybridized carbons (Fsp3) is 0.214. The van der Waals surface area contributed by atoms with Crippen LogP contribution in [0.1, 0.15) is 36.8 Å². The molecule has 8 nitrogen and oxygen atoms in total. The summed E-state index contributed by atoms with van der Waals surface area (Å²) in [4.78, 5) is 53.8. The molecule has 0 unspecified atom stereocenters. The van der Waals surface area contributed by atoms with Crippen LogP contribution in [0.15, 0.2) is 58.3 Å². The van der Waals surface area contributed by atoms with Gasteiger partial charge in [-0.1, -0.05) is 108 Å². The van der Waals surface area contributed by atoms with Crippen molar-refractivity contribution in [3.63, 3.8) is 0 Å². The summed E-state index contributed by atoms with van der Waals surface area (Å²) in [5.74, 6) is -1.27. The molecule has 0 atom stereocenters. The Balaban J connectivity index is 1.15. The van der Waals surface area contributed by atoms with Crippen LogP contribution in [0.5, 0.6) is 0 Å². The molecule has 4 rings (SSSR count). The van der Waals surface area contributed by atoms with E-state index in [9.17, 15) is 19.2 Å². The molecular weight excluding hydrogens is 656 g/mol. The van der Waals surface area contributed by atoms with Crippen molar-refractivity contribution in [2.75, 3.05) is 13.1 Å². The number of benzene rings is 2. The molecule has 2 N–H and O–H groups in total. The number of hydrazine groups is 1. The Morgan fingerprint density at radius 1 is 0.714 bits per heavy atom. The second kappa shape index (κ2) is 15.1. The second-order valence-electron chi connectivity index (χ2n) is 9.01. The molecule has 14 heteroatoms. The normalized spacial score (nSPS) is 17.1. The van der Waals surface area contributed by atoms with Crippen molar-refractivity contribution < 1.29 is 19.2 Å². The molecule has 0 bridgehead atoms. The van der Waals surface area contributed by atoms with Gasteiger partial charge in [0.05, 0.1) is 9.81 Å². The van der Waals surface area contributed by atoms with E-state index in [-0.39, 0.29) is 37.7 Å². The number of thioether (sulfide) groups is 2. The van der Waals surface area contributed by atoms with E-state index in [1.165, 1.54) is 33.3 Å². The summed E-state index contributed by atoms with van der Waals surface area (Å²) < 4.78 is 0.820. The van der Waals surface area contributed by atoms with E-state index in [1.54, 1.807) is 24.3 Å². The van der Waals surface area contributed by atoms with Gasteiger partial charge in [-0.2, -0.15) is 0 Å². The van der Waals surface area contributed by atoms with Gasteiger partial charge in [0.1, 0.15) is 8.64 Å². The van der Waals surface area contributed by atoms with E-state index < -0.39 is 11.8 Å². The van der Waals surface area contributed by atoms with Crippen LogP contribution in [0.3, 0.4) is 0 Å². The first-order valence-electron chi connectivity index (χ1n) is 12.7. The molecule has 0 saturated carbocycles. The van der Waals surface area contributed by atoms with Gasteiger partial charge in [0.2, 0.25) is 11.8 Å². The number of rotatable bonds is 10. The highest BCUT2D eigenvalue weighted by Crippen LogP contribution is 2.35. The minimum absolute atomic E-state index is 0.0786. The molecule has 2 aliphatic rings. The van der Waals surface area contributed by atoms with Gasteiger partial charge in [-0.05, 0) is 48.3 Å². The summed E-state index contributed by atoms with van der Waals surface area (Å²) in [7, 11) is 0. The molecule has 0 spiro atoms. The quantitative estimate of drug-likeness (QED) is 0.185. The molecule has 0 radical (unpaired) electrons. The van der Waals surface area contributed by atoms with E-state index in [1.807, 2.05) is 36.4 Å². The molecule has 42 heavy (non-hydrogen) atoms. The Bertz CT molecular complexity index is 1400. The Kier molecular flexibility index (Phi) is 11.6. The molecule has 4 amide bonds. The molecule has 2 aromatic carbocycles. The molecular formula is C28H24Cl2N4O4S4. The van der Waals surface area contributed by atoms with Crippen molar-refractivity contribution in [1.82, 2.24) is 20.7 Å². The molecule has 0 aromatic heterocycles. The largest absolute Gasteiger partial charge is 0.293 e. The lowest BCUT2D eigenvalue weighted by Crippen LogP contribution is -2.42. The topological polar surface area (TPSA) is 98.8 Å². The maximum absolute atomic E-state index is 12.8. The third-order valence-corrected chi connectivity index (χ3v) is 9.49. The number of hydrogen-bond acceptors (Lipinski definition) is 8. The smallest absolute Gasteiger partial charge is 0.266 e. The van der Waals surface area contributed by atoms with Crippen molar-refractivity contribution in [3.8, 4) is 0 Å². The zero-order chi connectivity index (χ0) is 30.2.